The van der Waals surface area contributed by atoms with Gasteiger partial charge in [-0.2, -0.15) is 0 Å². The van der Waals surface area contributed by atoms with Crippen molar-refractivity contribution < 1.29 is 13.2 Å². The molecule has 0 saturated heterocycles. The van der Waals surface area contributed by atoms with Crippen molar-refractivity contribution in [2.75, 3.05) is 12.8 Å². The quantitative estimate of drug-likeness (QED) is 0.867. The van der Waals surface area contributed by atoms with Crippen molar-refractivity contribution >= 4 is 28.2 Å². The largest absolute Gasteiger partial charge is 0.350 e. The highest BCUT2D eigenvalue weighted by molar-refractivity contribution is 7.90. The van der Waals surface area contributed by atoms with E-state index in [0.29, 0.717) is 0 Å². The summed E-state index contributed by atoms with van der Waals surface area (Å²) in [5.74, 6) is -0.436. The molecule has 1 aromatic rings. The summed E-state index contributed by atoms with van der Waals surface area (Å²) in [6.07, 6.45) is 1.08. The van der Waals surface area contributed by atoms with Crippen LogP contribution in [0.1, 0.15) is 24.2 Å². The van der Waals surface area contributed by atoms with E-state index in [1.165, 1.54) is 12.1 Å². The van der Waals surface area contributed by atoms with E-state index in [1.807, 2.05) is 0 Å². The molecule has 19 heavy (non-hydrogen) atoms. The van der Waals surface area contributed by atoms with Gasteiger partial charge in [-0.05, 0) is 26.0 Å². The highest BCUT2D eigenvalue weighted by Crippen LogP contribution is 2.15. The maximum atomic E-state index is 11.9. The highest BCUT2D eigenvalue weighted by Gasteiger charge is 2.19. The van der Waals surface area contributed by atoms with Crippen LogP contribution in [0.3, 0.4) is 0 Å². The molecule has 0 aliphatic heterocycles. The SMILES string of the molecule is CC(C)(N)CNC(=O)c1ccccc1S(C)(=O)=O.Cl. The molecule has 3 N–H and O–H groups in total. The average Bonchev–Trinajstić information content (AvgIpc) is 2.24. The molecule has 0 aliphatic rings. The van der Waals surface area contributed by atoms with E-state index in [1.54, 1.807) is 26.0 Å². The van der Waals surface area contributed by atoms with Gasteiger partial charge in [-0.3, -0.25) is 4.79 Å². The summed E-state index contributed by atoms with van der Waals surface area (Å²) in [5, 5.41) is 2.62. The van der Waals surface area contributed by atoms with Gasteiger partial charge in [-0.25, -0.2) is 8.42 Å². The molecule has 1 amide bonds. The number of carbonyl (C=O) groups is 1. The Bertz CT molecular complexity index is 550. The summed E-state index contributed by atoms with van der Waals surface area (Å²) in [4.78, 5) is 12.0. The zero-order chi connectivity index (χ0) is 14.0. The number of carbonyl (C=O) groups excluding carboxylic acids is 1. The summed E-state index contributed by atoms with van der Waals surface area (Å²) in [5.41, 5.74) is 5.35. The molecule has 0 spiro atoms. The maximum Gasteiger partial charge on any atom is 0.252 e. The molecule has 0 heterocycles. The average molecular weight is 307 g/mol. The zero-order valence-electron chi connectivity index (χ0n) is 11.1. The number of hydrogen-bond acceptors (Lipinski definition) is 4. The first kappa shape index (κ1) is 17.9. The van der Waals surface area contributed by atoms with Crippen molar-refractivity contribution in [1.29, 1.82) is 0 Å². The Kier molecular flexibility index (Phi) is 5.99. The van der Waals surface area contributed by atoms with Crippen LogP contribution in [0, 0.1) is 0 Å². The molecule has 0 saturated carbocycles. The number of amides is 1. The number of halogens is 1. The molecule has 7 heteroatoms. The van der Waals surface area contributed by atoms with Crippen molar-refractivity contribution in [3.8, 4) is 0 Å². The minimum Gasteiger partial charge on any atom is -0.350 e. The number of rotatable bonds is 4. The van der Waals surface area contributed by atoms with Gasteiger partial charge in [0.2, 0.25) is 0 Å². The zero-order valence-corrected chi connectivity index (χ0v) is 12.8. The lowest BCUT2D eigenvalue weighted by Gasteiger charge is -2.19. The van der Waals surface area contributed by atoms with Crippen molar-refractivity contribution in [2.45, 2.75) is 24.3 Å². The molecule has 108 valence electrons. The Balaban J connectivity index is 0.00000324. The molecule has 1 aromatic carbocycles. The summed E-state index contributed by atoms with van der Waals surface area (Å²) in [6, 6.07) is 6.10. The lowest BCUT2D eigenvalue weighted by atomic mass is 10.1. The summed E-state index contributed by atoms with van der Waals surface area (Å²) >= 11 is 0. The van der Waals surface area contributed by atoms with Gasteiger partial charge < -0.3 is 11.1 Å². The van der Waals surface area contributed by atoms with Crippen molar-refractivity contribution in [3.05, 3.63) is 29.8 Å². The van der Waals surface area contributed by atoms with Crippen LogP contribution in [0.25, 0.3) is 0 Å². The third-order valence-corrected chi connectivity index (χ3v) is 3.39. The van der Waals surface area contributed by atoms with Crippen LogP contribution >= 0.6 is 12.4 Å². The Labute approximate surface area is 119 Å². The molecule has 1 rings (SSSR count). The summed E-state index contributed by atoms with van der Waals surface area (Å²) < 4.78 is 23.1. The maximum absolute atomic E-state index is 11.9. The normalized spacial score (nSPS) is 11.6. The standard InChI is InChI=1S/C12H18N2O3S.ClH/c1-12(2,13)8-14-11(15)9-6-4-5-7-10(9)18(3,16)17;/h4-7H,8,13H2,1-3H3,(H,14,15);1H. The van der Waals surface area contributed by atoms with Crippen molar-refractivity contribution in [1.82, 2.24) is 5.32 Å². The number of nitrogens with one attached hydrogen (secondary N) is 1. The van der Waals surface area contributed by atoms with Gasteiger partial charge in [-0.1, -0.05) is 12.1 Å². The van der Waals surface area contributed by atoms with E-state index < -0.39 is 21.3 Å². The van der Waals surface area contributed by atoms with Crippen LogP contribution in [0.15, 0.2) is 29.2 Å². The second kappa shape index (κ2) is 6.36. The third-order valence-electron chi connectivity index (χ3n) is 2.24. The Morgan fingerprint density at radius 1 is 1.32 bits per heavy atom. The molecule has 5 nitrogen and oxygen atoms in total. The molecule has 0 unspecified atom stereocenters. The lowest BCUT2D eigenvalue weighted by molar-refractivity contribution is 0.0943. The van der Waals surface area contributed by atoms with E-state index in [2.05, 4.69) is 5.32 Å². The van der Waals surface area contributed by atoms with Gasteiger partial charge in [0.05, 0.1) is 10.5 Å². The van der Waals surface area contributed by atoms with E-state index >= 15 is 0 Å². The van der Waals surface area contributed by atoms with E-state index in [9.17, 15) is 13.2 Å². The molecule has 0 atom stereocenters. The summed E-state index contributed by atoms with van der Waals surface area (Å²) in [7, 11) is -3.42. The molecule has 0 aliphatic carbocycles. The number of sulfone groups is 1. The summed E-state index contributed by atoms with van der Waals surface area (Å²) in [6.45, 7) is 3.81. The highest BCUT2D eigenvalue weighted by atomic mass is 35.5. The molecular formula is C12H19ClN2O3S. The Morgan fingerprint density at radius 3 is 2.32 bits per heavy atom. The monoisotopic (exact) mass is 306 g/mol. The first-order chi connectivity index (χ1) is 8.11. The molecular weight excluding hydrogens is 288 g/mol. The fourth-order valence-electron chi connectivity index (χ4n) is 1.38. The smallest absolute Gasteiger partial charge is 0.252 e. The number of benzene rings is 1. The number of nitrogens with two attached hydrogens (primary N) is 1. The van der Waals surface area contributed by atoms with Crippen LogP contribution in [0.2, 0.25) is 0 Å². The number of hydrogen-bond donors (Lipinski definition) is 2. The third kappa shape index (κ3) is 5.59. The van der Waals surface area contributed by atoms with E-state index in [4.69, 9.17) is 5.73 Å². The van der Waals surface area contributed by atoms with Crippen molar-refractivity contribution in [3.63, 3.8) is 0 Å². The van der Waals surface area contributed by atoms with Gasteiger partial charge in [0.15, 0.2) is 9.84 Å². The van der Waals surface area contributed by atoms with Gasteiger partial charge in [-0.15, -0.1) is 12.4 Å². The molecule has 0 aromatic heterocycles. The van der Waals surface area contributed by atoms with Gasteiger partial charge in [0, 0.05) is 18.3 Å². The predicted octanol–water partition coefficient (Wildman–Crippen LogP) is 0.979. The molecule has 0 radical (unpaired) electrons. The van der Waals surface area contributed by atoms with Gasteiger partial charge >= 0.3 is 0 Å². The van der Waals surface area contributed by atoms with Gasteiger partial charge in [0.25, 0.3) is 5.91 Å². The van der Waals surface area contributed by atoms with E-state index in [-0.39, 0.29) is 29.4 Å². The molecule has 0 fully saturated rings. The van der Waals surface area contributed by atoms with Crippen LogP contribution in [-0.2, 0) is 9.84 Å². The van der Waals surface area contributed by atoms with Crippen LogP contribution in [0.5, 0.6) is 0 Å². The first-order valence-electron chi connectivity index (χ1n) is 5.47. The second-order valence-corrected chi connectivity index (χ2v) is 6.92. The minimum absolute atomic E-state index is 0. The second-order valence-electron chi connectivity index (χ2n) is 4.94. The van der Waals surface area contributed by atoms with Gasteiger partial charge in [0.1, 0.15) is 0 Å². The topological polar surface area (TPSA) is 89.3 Å². The molecule has 0 bridgehead atoms. The van der Waals surface area contributed by atoms with Crippen LogP contribution in [0.4, 0.5) is 0 Å². The fraction of sp³-hybridized carbons (Fsp3) is 0.417. The fourth-order valence-corrected chi connectivity index (χ4v) is 2.27. The van der Waals surface area contributed by atoms with Crippen LogP contribution in [-0.4, -0.2) is 32.7 Å². The Hall–Kier alpha value is -1.11. The first-order valence-corrected chi connectivity index (χ1v) is 7.36. The van der Waals surface area contributed by atoms with E-state index in [0.717, 1.165) is 6.26 Å². The minimum atomic E-state index is -3.42. The lowest BCUT2D eigenvalue weighted by Crippen LogP contribution is -2.45. The Morgan fingerprint density at radius 2 is 1.84 bits per heavy atom. The van der Waals surface area contributed by atoms with Crippen LogP contribution < -0.4 is 11.1 Å². The van der Waals surface area contributed by atoms with Crippen molar-refractivity contribution in [2.24, 2.45) is 5.73 Å². The predicted molar refractivity (Wildman–Crippen MR) is 77.4 cm³/mol.